The lowest BCUT2D eigenvalue weighted by Gasteiger charge is -2.28. The number of anilines is 1. The molecule has 2 aromatic heterocycles. The average molecular weight is 467 g/mol. The van der Waals surface area contributed by atoms with E-state index in [4.69, 9.17) is 17.2 Å². The van der Waals surface area contributed by atoms with Crippen LogP contribution in [0.1, 0.15) is 52.8 Å². The van der Waals surface area contributed by atoms with Crippen LogP contribution in [0.3, 0.4) is 0 Å². The Kier molecular flexibility index (Phi) is 5.96. The summed E-state index contributed by atoms with van der Waals surface area (Å²) in [4.78, 5) is 6.95. The van der Waals surface area contributed by atoms with E-state index in [-0.39, 0.29) is 12.1 Å². The van der Waals surface area contributed by atoms with Crippen LogP contribution in [0.5, 0.6) is 0 Å². The smallest absolute Gasteiger partial charge is 0.174 e. The summed E-state index contributed by atoms with van der Waals surface area (Å²) >= 11 is 5.89. The number of nitrogens with one attached hydrogen (secondary N) is 1. The van der Waals surface area contributed by atoms with Crippen molar-refractivity contribution in [3.05, 3.63) is 113 Å². The van der Waals surface area contributed by atoms with Crippen LogP contribution in [-0.4, -0.2) is 14.7 Å². The minimum Gasteiger partial charge on any atom is -0.351 e. The molecule has 2 aromatic carbocycles. The molecule has 1 fully saturated rings. The molecule has 1 N–H and O–H groups in total. The number of benzene rings is 2. The van der Waals surface area contributed by atoms with Crippen molar-refractivity contribution >= 4 is 23.0 Å². The van der Waals surface area contributed by atoms with Crippen molar-refractivity contribution in [3.8, 4) is 5.69 Å². The quantitative estimate of drug-likeness (QED) is 0.339. The highest BCUT2D eigenvalue weighted by Gasteiger charge is 2.42. The first kappa shape index (κ1) is 22.4. The highest BCUT2D eigenvalue weighted by atomic mass is 32.1. The Bertz CT molecular complexity index is 1330. The van der Waals surface area contributed by atoms with Gasteiger partial charge in [0.25, 0.3) is 0 Å². The van der Waals surface area contributed by atoms with Crippen molar-refractivity contribution in [2.75, 3.05) is 4.90 Å². The predicted molar refractivity (Wildman–Crippen MR) is 144 cm³/mol. The molecule has 1 aliphatic heterocycles. The van der Waals surface area contributed by atoms with Crippen LogP contribution in [0.4, 0.5) is 5.69 Å². The van der Waals surface area contributed by atoms with Gasteiger partial charge in [0, 0.05) is 23.3 Å². The first-order valence-electron chi connectivity index (χ1n) is 11.8. The van der Waals surface area contributed by atoms with E-state index in [1.54, 1.807) is 0 Å². The Morgan fingerprint density at radius 3 is 2.41 bits per heavy atom. The summed E-state index contributed by atoms with van der Waals surface area (Å²) in [5.74, 6) is 0. The summed E-state index contributed by atoms with van der Waals surface area (Å²) in [6, 6.07) is 25.3. The third-order valence-corrected chi connectivity index (χ3v) is 7.16. The van der Waals surface area contributed by atoms with Crippen LogP contribution in [-0.2, 0) is 6.42 Å². The predicted octanol–water partition coefficient (Wildman–Crippen LogP) is 6.54. The number of para-hydroxylation sites is 2. The summed E-state index contributed by atoms with van der Waals surface area (Å²) in [6.07, 6.45) is 2.84. The van der Waals surface area contributed by atoms with Crippen LogP contribution in [0.2, 0.25) is 0 Å². The zero-order valence-corrected chi connectivity index (χ0v) is 20.9. The van der Waals surface area contributed by atoms with Gasteiger partial charge in [-0.2, -0.15) is 0 Å². The van der Waals surface area contributed by atoms with Crippen LogP contribution < -0.4 is 10.2 Å². The number of aromatic nitrogens is 2. The summed E-state index contributed by atoms with van der Waals surface area (Å²) in [5, 5.41) is 4.31. The SMILES string of the molecule is CCc1cccc(C)c1-n1c(C)cc([C@@H]2[C@H](c3ccccn3)NC(=S)N2c2ccccc2)c1C. The zero-order chi connectivity index (χ0) is 23.8. The fourth-order valence-electron chi connectivity index (χ4n) is 5.29. The molecule has 0 aliphatic carbocycles. The van der Waals surface area contributed by atoms with Crippen molar-refractivity contribution in [2.24, 2.45) is 0 Å². The van der Waals surface area contributed by atoms with E-state index < -0.39 is 0 Å². The normalized spacial score (nSPS) is 17.8. The van der Waals surface area contributed by atoms with Gasteiger partial charge in [0.15, 0.2) is 5.11 Å². The fourth-order valence-corrected chi connectivity index (χ4v) is 5.64. The molecule has 3 heterocycles. The maximum absolute atomic E-state index is 5.89. The van der Waals surface area contributed by atoms with Crippen molar-refractivity contribution in [3.63, 3.8) is 0 Å². The number of aryl methyl sites for hydroxylation is 3. The monoisotopic (exact) mass is 466 g/mol. The highest BCUT2D eigenvalue weighted by Crippen LogP contribution is 2.44. The molecule has 0 amide bonds. The van der Waals surface area contributed by atoms with Gasteiger partial charge in [0.1, 0.15) is 0 Å². The molecule has 0 saturated carbocycles. The number of rotatable bonds is 5. The van der Waals surface area contributed by atoms with Gasteiger partial charge < -0.3 is 14.8 Å². The molecule has 1 saturated heterocycles. The Labute approximate surface area is 207 Å². The molecular formula is C29H30N4S. The molecule has 0 spiro atoms. The van der Waals surface area contributed by atoms with Gasteiger partial charge in [-0.05, 0) is 86.4 Å². The molecular weight excluding hydrogens is 436 g/mol. The van der Waals surface area contributed by atoms with Gasteiger partial charge in [-0.3, -0.25) is 4.98 Å². The summed E-state index contributed by atoms with van der Waals surface area (Å²) in [7, 11) is 0. The number of hydrogen-bond acceptors (Lipinski definition) is 2. The minimum atomic E-state index is -0.0506. The van der Waals surface area contributed by atoms with E-state index in [9.17, 15) is 0 Å². The first-order chi connectivity index (χ1) is 16.5. The molecule has 172 valence electrons. The van der Waals surface area contributed by atoms with E-state index in [0.717, 1.165) is 22.9 Å². The third kappa shape index (κ3) is 3.70. The molecule has 1 aliphatic rings. The number of thiocarbonyl (C=S) groups is 1. The Morgan fingerprint density at radius 1 is 0.941 bits per heavy atom. The van der Waals surface area contributed by atoms with Gasteiger partial charge in [-0.15, -0.1) is 0 Å². The molecule has 5 rings (SSSR count). The van der Waals surface area contributed by atoms with Crippen molar-refractivity contribution in [1.29, 1.82) is 0 Å². The molecule has 2 atom stereocenters. The second kappa shape index (κ2) is 9.07. The maximum atomic E-state index is 5.89. The Balaban J connectivity index is 1.71. The Hall–Kier alpha value is -3.44. The molecule has 0 bridgehead atoms. The minimum absolute atomic E-state index is 0.0150. The zero-order valence-electron chi connectivity index (χ0n) is 20.1. The number of nitrogens with zero attached hydrogens (tertiary/aromatic N) is 3. The van der Waals surface area contributed by atoms with E-state index in [1.807, 2.05) is 24.4 Å². The van der Waals surface area contributed by atoms with E-state index >= 15 is 0 Å². The lowest BCUT2D eigenvalue weighted by Crippen LogP contribution is -2.29. The topological polar surface area (TPSA) is 33.1 Å². The van der Waals surface area contributed by atoms with Crippen molar-refractivity contribution < 1.29 is 0 Å². The van der Waals surface area contributed by atoms with Gasteiger partial charge in [-0.25, -0.2) is 0 Å². The van der Waals surface area contributed by atoms with E-state index in [0.29, 0.717) is 0 Å². The van der Waals surface area contributed by atoms with Gasteiger partial charge in [0.2, 0.25) is 0 Å². The largest absolute Gasteiger partial charge is 0.351 e. The lowest BCUT2D eigenvalue weighted by atomic mass is 9.96. The number of pyridine rings is 1. The average Bonchev–Trinajstić information content (AvgIpc) is 3.35. The van der Waals surface area contributed by atoms with E-state index in [2.05, 4.69) is 97.1 Å². The van der Waals surface area contributed by atoms with Gasteiger partial charge in [0.05, 0.1) is 23.5 Å². The third-order valence-electron chi connectivity index (χ3n) is 6.85. The van der Waals surface area contributed by atoms with Crippen LogP contribution in [0, 0.1) is 20.8 Å². The van der Waals surface area contributed by atoms with Crippen LogP contribution in [0.15, 0.2) is 79.0 Å². The second-order valence-electron chi connectivity index (χ2n) is 8.93. The molecule has 34 heavy (non-hydrogen) atoms. The molecule has 4 nitrogen and oxygen atoms in total. The summed E-state index contributed by atoms with van der Waals surface area (Å²) < 4.78 is 2.42. The molecule has 0 radical (unpaired) electrons. The van der Waals surface area contributed by atoms with Crippen molar-refractivity contribution in [1.82, 2.24) is 14.9 Å². The second-order valence-corrected chi connectivity index (χ2v) is 9.32. The molecule has 0 unspecified atom stereocenters. The molecule has 5 heteroatoms. The standard InChI is InChI=1S/C29H30N4S/c1-5-22-13-11-12-19(2)27(22)32-20(3)18-24(21(32)4)28-26(25-16-9-10-17-30-25)31-29(34)33(28)23-14-7-6-8-15-23/h6-18,26,28H,5H2,1-4H3,(H,31,34)/t26-,28+/m0/s1. The van der Waals surface area contributed by atoms with Gasteiger partial charge >= 0.3 is 0 Å². The van der Waals surface area contributed by atoms with E-state index in [1.165, 1.54) is 33.8 Å². The fraction of sp³-hybridized carbons (Fsp3) is 0.241. The molecule has 4 aromatic rings. The van der Waals surface area contributed by atoms with Crippen LogP contribution in [0.25, 0.3) is 5.69 Å². The Morgan fingerprint density at radius 2 is 1.71 bits per heavy atom. The van der Waals surface area contributed by atoms with Crippen molar-refractivity contribution in [2.45, 2.75) is 46.2 Å². The summed E-state index contributed by atoms with van der Waals surface area (Å²) in [5.41, 5.74) is 9.72. The maximum Gasteiger partial charge on any atom is 0.174 e. The highest BCUT2D eigenvalue weighted by molar-refractivity contribution is 7.80. The number of hydrogen-bond donors (Lipinski definition) is 1. The lowest BCUT2D eigenvalue weighted by molar-refractivity contribution is 0.565. The van der Waals surface area contributed by atoms with Crippen LogP contribution >= 0.6 is 12.2 Å². The summed E-state index contributed by atoms with van der Waals surface area (Å²) in [6.45, 7) is 8.85. The van der Waals surface area contributed by atoms with Gasteiger partial charge in [-0.1, -0.05) is 49.4 Å². The first-order valence-corrected chi connectivity index (χ1v) is 12.3.